The molecule has 23 heavy (non-hydrogen) atoms. The van der Waals surface area contributed by atoms with E-state index in [2.05, 4.69) is 15.3 Å². The molecule has 3 heterocycles. The zero-order chi connectivity index (χ0) is 15.8. The van der Waals surface area contributed by atoms with Gasteiger partial charge >= 0.3 is 0 Å². The molecule has 1 amide bonds. The molecule has 1 unspecified atom stereocenters. The molecule has 1 aliphatic carbocycles. The Labute approximate surface area is 136 Å². The topological polar surface area (TPSA) is 79.5 Å². The van der Waals surface area contributed by atoms with Crippen molar-refractivity contribution in [2.24, 2.45) is 5.92 Å². The van der Waals surface area contributed by atoms with Crippen molar-refractivity contribution in [3.63, 3.8) is 0 Å². The molecule has 1 aliphatic rings. The van der Waals surface area contributed by atoms with Crippen molar-refractivity contribution in [1.29, 1.82) is 0 Å². The molecule has 6 nitrogen and oxygen atoms in total. The minimum Gasteiger partial charge on any atom is -0.393 e. The molecular formula is C16H16N4O2S. The normalized spacial score (nSPS) is 21.8. The summed E-state index contributed by atoms with van der Waals surface area (Å²) in [5, 5.41) is 14.6. The van der Waals surface area contributed by atoms with Crippen molar-refractivity contribution < 1.29 is 9.90 Å². The Morgan fingerprint density at radius 2 is 2.30 bits per heavy atom. The zero-order valence-electron chi connectivity index (χ0n) is 12.3. The van der Waals surface area contributed by atoms with Gasteiger partial charge in [-0.25, -0.2) is 4.98 Å². The summed E-state index contributed by atoms with van der Waals surface area (Å²) in [4.78, 5) is 22.0. The van der Waals surface area contributed by atoms with Crippen molar-refractivity contribution >= 4 is 22.2 Å². The molecule has 2 N–H and O–H groups in total. The summed E-state index contributed by atoms with van der Waals surface area (Å²) in [6, 6.07) is 5.46. The Hall–Kier alpha value is -2.25. The van der Waals surface area contributed by atoms with Crippen LogP contribution in [-0.2, 0) is 0 Å². The van der Waals surface area contributed by atoms with Gasteiger partial charge in [0.25, 0.3) is 5.91 Å². The van der Waals surface area contributed by atoms with Crippen LogP contribution in [0.15, 0.2) is 42.2 Å². The van der Waals surface area contributed by atoms with Gasteiger partial charge in [0.15, 0.2) is 4.96 Å². The Morgan fingerprint density at radius 1 is 1.43 bits per heavy atom. The second-order valence-corrected chi connectivity index (χ2v) is 6.68. The van der Waals surface area contributed by atoms with Crippen molar-refractivity contribution in [1.82, 2.24) is 19.7 Å². The van der Waals surface area contributed by atoms with Crippen LogP contribution in [0.5, 0.6) is 0 Å². The smallest absolute Gasteiger partial charge is 0.272 e. The Kier molecular flexibility index (Phi) is 3.59. The Morgan fingerprint density at radius 3 is 3.00 bits per heavy atom. The molecule has 1 saturated carbocycles. The van der Waals surface area contributed by atoms with Crippen LogP contribution in [0.4, 0.5) is 0 Å². The first-order valence-electron chi connectivity index (χ1n) is 7.53. The van der Waals surface area contributed by atoms with E-state index in [1.54, 1.807) is 12.4 Å². The highest BCUT2D eigenvalue weighted by Crippen LogP contribution is 2.37. The van der Waals surface area contributed by atoms with Crippen molar-refractivity contribution in [2.75, 3.05) is 0 Å². The monoisotopic (exact) mass is 328 g/mol. The molecule has 1 atom stereocenters. The lowest BCUT2D eigenvalue weighted by Gasteiger charge is -2.37. The summed E-state index contributed by atoms with van der Waals surface area (Å²) in [6.07, 6.45) is 6.41. The lowest BCUT2D eigenvalue weighted by Crippen LogP contribution is -2.41. The maximum Gasteiger partial charge on any atom is 0.272 e. The first-order chi connectivity index (χ1) is 11.2. The predicted molar refractivity (Wildman–Crippen MR) is 86.2 cm³/mol. The third-order valence-corrected chi connectivity index (χ3v) is 5.01. The number of hydrogen-bond donors (Lipinski definition) is 2. The molecule has 0 bridgehead atoms. The van der Waals surface area contributed by atoms with Gasteiger partial charge in [-0.05, 0) is 30.9 Å². The number of aliphatic hydroxyl groups is 1. The first-order valence-corrected chi connectivity index (χ1v) is 8.41. The number of amides is 1. The SMILES string of the molecule is O=C(NC(c1ccccn1)C1CC(O)C1)c1cn2ccsc2n1. The van der Waals surface area contributed by atoms with Crippen molar-refractivity contribution in [2.45, 2.75) is 25.0 Å². The lowest BCUT2D eigenvalue weighted by atomic mass is 9.76. The van der Waals surface area contributed by atoms with Crippen LogP contribution in [0.3, 0.4) is 0 Å². The van der Waals surface area contributed by atoms with Gasteiger partial charge in [-0.2, -0.15) is 0 Å². The first kappa shape index (κ1) is 14.3. The van der Waals surface area contributed by atoms with E-state index in [0.717, 1.165) is 10.7 Å². The van der Waals surface area contributed by atoms with Gasteiger partial charge in [-0.1, -0.05) is 6.07 Å². The van der Waals surface area contributed by atoms with E-state index in [1.807, 2.05) is 34.2 Å². The minimum atomic E-state index is -0.277. The molecule has 3 aromatic rings. The second kappa shape index (κ2) is 5.75. The molecule has 0 saturated heterocycles. The van der Waals surface area contributed by atoms with Gasteiger partial charge in [0, 0.05) is 24.0 Å². The standard InChI is InChI=1S/C16H16N4O2S/c21-11-7-10(8-11)14(12-3-1-2-4-17-12)19-15(22)13-9-20-5-6-23-16(20)18-13/h1-6,9-11,14,21H,7-8H2,(H,19,22). The fourth-order valence-electron chi connectivity index (χ4n) is 2.95. The number of nitrogens with one attached hydrogen (secondary N) is 1. The molecule has 0 spiro atoms. The van der Waals surface area contributed by atoms with Crippen LogP contribution in [0.1, 0.15) is 35.1 Å². The van der Waals surface area contributed by atoms with Crippen molar-refractivity contribution in [3.8, 4) is 0 Å². The zero-order valence-corrected chi connectivity index (χ0v) is 13.1. The number of hydrogen-bond acceptors (Lipinski definition) is 5. The van der Waals surface area contributed by atoms with Crippen molar-refractivity contribution in [3.05, 3.63) is 53.6 Å². The van der Waals surface area contributed by atoms with Crippen LogP contribution < -0.4 is 5.32 Å². The van der Waals surface area contributed by atoms with E-state index < -0.39 is 0 Å². The van der Waals surface area contributed by atoms with Gasteiger partial charge in [-0.15, -0.1) is 11.3 Å². The Bertz CT molecular complexity index is 794. The highest BCUT2D eigenvalue weighted by molar-refractivity contribution is 7.15. The molecule has 7 heteroatoms. The summed E-state index contributed by atoms with van der Waals surface area (Å²) in [6.45, 7) is 0. The quantitative estimate of drug-likeness (QED) is 0.768. The molecule has 0 aliphatic heterocycles. The maximum atomic E-state index is 12.5. The predicted octanol–water partition coefficient (Wildman–Crippen LogP) is 2.03. The summed E-state index contributed by atoms with van der Waals surface area (Å²) in [5.74, 6) is -0.00877. The number of fused-ring (bicyclic) bond motifs is 1. The molecule has 1 fully saturated rings. The van der Waals surface area contributed by atoms with E-state index in [1.165, 1.54) is 11.3 Å². The van der Waals surface area contributed by atoms with Gasteiger partial charge in [0.2, 0.25) is 0 Å². The number of rotatable bonds is 4. The fraction of sp³-hybridized carbons (Fsp3) is 0.312. The number of pyridine rings is 1. The van der Waals surface area contributed by atoms with E-state index in [0.29, 0.717) is 18.5 Å². The maximum absolute atomic E-state index is 12.5. The highest BCUT2D eigenvalue weighted by Gasteiger charge is 2.36. The lowest BCUT2D eigenvalue weighted by molar-refractivity contribution is 0.0228. The summed E-state index contributed by atoms with van der Waals surface area (Å²) in [5.41, 5.74) is 1.22. The summed E-state index contributed by atoms with van der Waals surface area (Å²) < 4.78 is 1.84. The molecule has 4 rings (SSSR count). The fourth-order valence-corrected chi connectivity index (χ4v) is 3.65. The number of carbonyl (C=O) groups is 1. The molecule has 0 radical (unpaired) electrons. The van der Waals surface area contributed by atoms with Crippen LogP contribution >= 0.6 is 11.3 Å². The largest absolute Gasteiger partial charge is 0.393 e. The van der Waals surface area contributed by atoms with Gasteiger partial charge in [0.05, 0.1) is 17.8 Å². The van der Waals surface area contributed by atoms with E-state index in [-0.39, 0.29) is 24.0 Å². The number of aliphatic hydroxyl groups excluding tert-OH is 1. The summed E-state index contributed by atoms with van der Waals surface area (Å²) in [7, 11) is 0. The third kappa shape index (κ3) is 2.73. The minimum absolute atomic E-state index is 0.201. The van der Waals surface area contributed by atoms with Gasteiger partial charge < -0.3 is 10.4 Å². The number of thiazole rings is 1. The van der Waals surface area contributed by atoms with Crippen LogP contribution in [-0.4, -0.2) is 31.5 Å². The van der Waals surface area contributed by atoms with Gasteiger partial charge in [-0.3, -0.25) is 14.2 Å². The van der Waals surface area contributed by atoms with Crippen LogP contribution in [0.2, 0.25) is 0 Å². The number of carbonyl (C=O) groups excluding carboxylic acids is 1. The average molecular weight is 328 g/mol. The van der Waals surface area contributed by atoms with Crippen LogP contribution in [0, 0.1) is 5.92 Å². The molecule has 3 aromatic heterocycles. The third-order valence-electron chi connectivity index (χ3n) is 4.24. The summed E-state index contributed by atoms with van der Waals surface area (Å²) >= 11 is 1.49. The molecular weight excluding hydrogens is 312 g/mol. The van der Waals surface area contributed by atoms with E-state index >= 15 is 0 Å². The van der Waals surface area contributed by atoms with Gasteiger partial charge in [0.1, 0.15) is 5.69 Å². The van der Waals surface area contributed by atoms with E-state index in [4.69, 9.17) is 0 Å². The number of aromatic nitrogens is 3. The highest BCUT2D eigenvalue weighted by atomic mass is 32.1. The molecule has 0 aromatic carbocycles. The molecule has 118 valence electrons. The van der Waals surface area contributed by atoms with Crippen LogP contribution in [0.25, 0.3) is 4.96 Å². The number of nitrogens with zero attached hydrogens (tertiary/aromatic N) is 3. The second-order valence-electron chi connectivity index (χ2n) is 5.81. The van der Waals surface area contributed by atoms with E-state index in [9.17, 15) is 9.90 Å². The Balaban J connectivity index is 1.57. The number of imidazole rings is 1. The average Bonchev–Trinajstić information content (AvgIpc) is 3.12.